The molecule has 0 radical (unpaired) electrons. The van der Waals surface area contributed by atoms with Crippen LogP contribution in [0.15, 0.2) is 64.2 Å². The average Bonchev–Trinajstić information content (AvgIpc) is 3.24. The summed E-state index contributed by atoms with van der Waals surface area (Å²) in [5.41, 5.74) is 2.30. The number of hydrogen-bond acceptors (Lipinski definition) is 4. The summed E-state index contributed by atoms with van der Waals surface area (Å²) in [6.07, 6.45) is 0.710. The molecule has 0 saturated carbocycles. The minimum Gasteiger partial charge on any atom is -0.324 e. The Balaban J connectivity index is 1.96. The predicted octanol–water partition coefficient (Wildman–Crippen LogP) is 4.59. The van der Waals surface area contributed by atoms with Crippen LogP contribution in [0.5, 0.6) is 0 Å². The van der Waals surface area contributed by atoms with E-state index in [0.29, 0.717) is 12.1 Å². The first-order valence-electron chi connectivity index (χ1n) is 9.03. The Morgan fingerprint density at radius 1 is 1.10 bits per heavy atom. The normalized spacial score (nSPS) is 11.3. The van der Waals surface area contributed by atoms with Crippen LogP contribution in [0.4, 0.5) is 15.8 Å². The fourth-order valence-electron chi connectivity index (χ4n) is 2.98. The largest absolute Gasteiger partial charge is 0.324 e. The van der Waals surface area contributed by atoms with Crippen LogP contribution in [0.1, 0.15) is 18.1 Å². The lowest BCUT2D eigenvalue weighted by Gasteiger charge is -2.24. The van der Waals surface area contributed by atoms with Gasteiger partial charge in [-0.1, -0.05) is 43.3 Å². The summed E-state index contributed by atoms with van der Waals surface area (Å²) in [5.74, 6) is -1.26. The summed E-state index contributed by atoms with van der Waals surface area (Å²) >= 11 is 1.01. The van der Waals surface area contributed by atoms with Gasteiger partial charge in [-0.2, -0.15) is 0 Å². The molecule has 5 nitrogen and oxygen atoms in total. The van der Waals surface area contributed by atoms with Crippen LogP contribution in [0.3, 0.4) is 0 Å². The number of amides is 1. The lowest BCUT2D eigenvalue weighted by atomic mass is 10.1. The van der Waals surface area contributed by atoms with Crippen molar-refractivity contribution >= 4 is 38.6 Å². The fraction of sp³-hybridized carbons (Fsp3) is 0.190. The van der Waals surface area contributed by atoms with E-state index in [1.165, 1.54) is 30.3 Å². The molecule has 1 aromatic heterocycles. The van der Waals surface area contributed by atoms with Gasteiger partial charge in [0.2, 0.25) is 5.91 Å². The van der Waals surface area contributed by atoms with Crippen molar-refractivity contribution in [2.45, 2.75) is 24.5 Å². The molecule has 0 aliphatic carbocycles. The average molecular weight is 433 g/mol. The van der Waals surface area contributed by atoms with Crippen LogP contribution in [-0.2, 0) is 21.2 Å². The monoisotopic (exact) mass is 432 g/mol. The third-order valence-electron chi connectivity index (χ3n) is 4.45. The van der Waals surface area contributed by atoms with E-state index in [1.807, 2.05) is 32.0 Å². The van der Waals surface area contributed by atoms with Crippen molar-refractivity contribution in [2.75, 3.05) is 16.2 Å². The molecule has 0 saturated heterocycles. The number of nitrogens with one attached hydrogen (secondary N) is 1. The van der Waals surface area contributed by atoms with E-state index >= 15 is 0 Å². The Labute approximate surface area is 173 Å². The Kier molecular flexibility index (Phi) is 6.34. The van der Waals surface area contributed by atoms with Gasteiger partial charge >= 0.3 is 0 Å². The molecule has 0 bridgehead atoms. The van der Waals surface area contributed by atoms with Gasteiger partial charge in [-0.25, -0.2) is 12.8 Å². The Hall–Kier alpha value is -2.71. The van der Waals surface area contributed by atoms with E-state index in [2.05, 4.69) is 5.32 Å². The van der Waals surface area contributed by atoms with Crippen LogP contribution < -0.4 is 9.62 Å². The molecule has 3 aromatic rings. The number of rotatable bonds is 7. The van der Waals surface area contributed by atoms with Crippen molar-refractivity contribution in [3.05, 3.63) is 76.9 Å². The van der Waals surface area contributed by atoms with E-state index in [1.54, 1.807) is 11.4 Å². The molecular weight excluding hydrogens is 411 g/mol. The smallest absolute Gasteiger partial charge is 0.274 e. The Morgan fingerprint density at radius 2 is 1.86 bits per heavy atom. The standard InChI is InChI=1S/C21H21FN2O3S2/c1-3-16-9-6-8-15(2)21(16)23-19(25)14-24(18-11-5-4-10-17(18)22)29(26,27)20-12-7-13-28-20/h4-13H,3,14H2,1-2H3,(H,23,25). The maximum Gasteiger partial charge on any atom is 0.274 e. The van der Waals surface area contributed by atoms with E-state index in [4.69, 9.17) is 0 Å². The van der Waals surface area contributed by atoms with Gasteiger partial charge in [-0.15, -0.1) is 11.3 Å². The number of aryl methyl sites for hydroxylation is 2. The molecule has 2 aromatic carbocycles. The Bertz CT molecular complexity index is 1110. The summed E-state index contributed by atoms with van der Waals surface area (Å²) in [5, 5.41) is 4.42. The molecule has 0 spiro atoms. The summed E-state index contributed by atoms with van der Waals surface area (Å²) in [7, 11) is -4.10. The van der Waals surface area contributed by atoms with Crippen molar-refractivity contribution in [3.63, 3.8) is 0 Å². The number of thiophene rings is 1. The topological polar surface area (TPSA) is 66.5 Å². The quantitative estimate of drug-likeness (QED) is 0.594. The van der Waals surface area contributed by atoms with Crippen molar-refractivity contribution in [1.29, 1.82) is 0 Å². The number of carbonyl (C=O) groups excluding carboxylic acids is 1. The van der Waals surface area contributed by atoms with Crippen LogP contribution in [0.25, 0.3) is 0 Å². The fourth-order valence-corrected chi connectivity index (χ4v) is 5.52. The highest BCUT2D eigenvalue weighted by atomic mass is 32.2. The molecule has 29 heavy (non-hydrogen) atoms. The Morgan fingerprint density at radius 3 is 2.52 bits per heavy atom. The molecule has 1 amide bonds. The van der Waals surface area contributed by atoms with Crippen LogP contribution in [0, 0.1) is 12.7 Å². The van der Waals surface area contributed by atoms with Gasteiger partial charge in [0.1, 0.15) is 16.6 Å². The number of nitrogens with zero attached hydrogens (tertiary/aromatic N) is 1. The zero-order chi connectivity index (χ0) is 21.0. The first-order valence-corrected chi connectivity index (χ1v) is 11.4. The summed E-state index contributed by atoms with van der Waals surface area (Å²) in [6.45, 7) is 3.29. The minimum atomic E-state index is -4.10. The van der Waals surface area contributed by atoms with E-state index in [9.17, 15) is 17.6 Å². The van der Waals surface area contributed by atoms with Gasteiger partial charge in [-0.05, 0) is 48.1 Å². The van der Waals surface area contributed by atoms with Gasteiger partial charge in [0.15, 0.2) is 0 Å². The summed E-state index contributed by atoms with van der Waals surface area (Å²) < 4.78 is 41.5. The van der Waals surface area contributed by atoms with Crippen molar-refractivity contribution in [3.8, 4) is 0 Å². The van der Waals surface area contributed by atoms with Gasteiger partial charge < -0.3 is 5.32 Å². The second kappa shape index (κ2) is 8.75. The molecule has 3 rings (SSSR count). The molecule has 0 aliphatic heterocycles. The van der Waals surface area contributed by atoms with Crippen molar-refractivity contribution < 1.29 is 17.6 Å². The molecule has 0 fully saturated rings. The second-order valence-corrected chi connectivity index (χ2v) is 9.44. The molecule has 1 N–H and O–H groups in total. The highest BCUT2D eigenvalue weighted by Crippen LogP contribution is 2.29. The zero-order valence-electron chi connectivity index (χ0n) is 16.1. The number of benzene rings is 2. The number of halogens is 1. The second-order valence-electron chi connectivity index (χ2n) is 6.41. The number of anilines is 2. The van der Waals surface area contributed by atoms with Gasteiger partial charge in [0, 0.05) is 5.69 Å². The molecule has 1 heterocycles. The van der Waals surface area contributed by atoms with E-state index in [0.717, 1.165) is 26.8 Å². The molecule has 8 heteroatoms. The third kappa shape index (κ3) is 4.49. The zero-order valence-corrected chi connectivity index (χ0v) is 17.7. The third-order valence-corrected chi connectivity index (χ3v) is 7.58. The van der Waals surface area contributed by atoms with Crippen molar-refractivity contribution in [2.24, 2.45) is 0 Å². The lowest BCUT2D eigenvalue weighted by molar-refractivity contribution is -0.114. The number of hydrogen-bond donors (Lipinski definition) is 1. The number of carbonyl (C=O) groups is 1. The van der Waals surface area contributed by atoms with Crippen LogP contribution in [0.2, 0.25) is 0 Å². The highest BCUT2D eigenvalue weighted by Gasteiger charge is 2.30. The van der Waals surface area contributed by atoms with Gasteiger partial charge in [0.25, 0.3) is 10.0 Å². The molecular formula is C21H21FN2O3S2. The first kappa shape index (κ1) is 21.0. The minimum absolute atomic E-state index is 0.0405. The lowest BCUT2D eigenvalue weighted by Crippen LogP contribution is -2.38. The van der Waals surface area contributed by atoms with Gasteiger partial charge in [-0.3, -0.25) is 9.10 Å². The number of para-hydroxylation sites is 2. The van der Waals surface area contributed by atoms with E-state index < -0.39 is 28.3 Å². The highest BCUT2D eigenvalue weighted by molar-refractivity contribution is 7.94. The van der Waals surface area contributed by atoms with Crippen LogP contribution >= 0.6 is 11.3 Å². The maximum atomic E-state index is 14.4. The molecule has 0 atom stereocenters. The first-order chi connectivity index (χ1) is 13.8. The van der Waals surface area contributed by atoms with E-state index in [-0.39, 0.29) is 9.90 Å². The number of sulfonamides is 1. The van der Waals surface area contributed by atoms with Crippen molar-refractivity contribution in [1.82, 2.24) is 0 Å². The molecule has 0 aliphatic rings. The summed E-state index contributed by atoms with van der Waals surface area (Å²) in [6, 6.07) is 14.2. The van der Waals surface area contributed by atoms with Crippen LogP contribution in [-0.4, -0.2) is 20.9 Å². The maximum absolute atomic E-state index is 14.4. The summed E-state index contributed by atoms with van der Waals surface area (Å²) in [4.78, 5) is 12.8. The predicted molar refractivity (Wildman–Crippen MR) is 114 cm³/mol. The molecule has 152 valence electrons. The van der Waals surface area contributed by atoms with Gasteiger partial charge in [0.05, 0.1) is 5.69 Å². The molecule has 0 unspecified atom stereocenters. The SMILES string of the molecule is CCc1cccc(C)c1NC(=O)CN(c1ccccc1F)S(=O)(=O)c1cccs1.